The molecule has 1 heterocycles. The minimum Gasteiger partial charge on any atom is -0.480 e. The van der Waals surface area contributed by atoms with Gasteiger partial charge >= 0.3 is 0 Å². The molecule has 0 radical (unpaired) electrons. The van der Waals surface area contributed by atoms with Crippen molar-refractivity contribution in [3.05, 3.63) is 29.8 Å². The molecule has 0 aliphatic carbocycles. The molecule has 1 fully saturated rings. The van der Waals surface area contributed by atoms with Gasteiger partial charge in [-0.2, -0.15) is 0 Å². The van der Waals surface area contributed by atoms with Crippen molar-refractivity contribution < 1.29 is 14.6 Å². The summed E-state index contributed by atoms with van der Waals surface area (Å²) in [6.07, 6.45) is 1.39. The van der Waals surface area contributed by atoms with E-state index in [0.29, 0.717) is 19.5 Å². The Balaban J connectivity index is 2.04. The van der Waals surface area contributed by atoms with Crippen LogP contribution in [-0.4, -0.2) is 41.2 Å². The van der Waals surface area contributed by atoms with Crippen LogP contribution in [0.3, 0.4) is 0 Å². The number of likely N-dealkylation sites (tertiary alicyclic amines) is 1. The van der Waals surface area contributed by atoms with E-state index in [1.54, 1.807) is 4.90 Å². The van der Waals surface area contributed by atoms with Gasteiger partial charge in [0.2, 0.25) is 0 Å². The van der Waals surface area contributed by atoms with Gasteiger partial charge in [-0.1, -0.05) is 25.1 Å². The predicted molar refractivity (Wildman–Crippen MR) is 77.7 cm³/mol. The van der Waals surface area contributed by atoms with Crippen LogP contribution in [0.5, 0.6) is 5.75 Å². The lowest BCUT2D eigenvalue weighted by molar-refractivity contribution is -0.141. The molecule has 110 valence electrons. The van der Waals surface area contributed by atoms with Gasteiger partial charge in [0.15, 0.2) is 6.10 Å². The number of piperidine rings is 1. The van der Waals surface area contributed by atoms with Crippen LogP contribution < -0.4 is 4.74 Å². The molecule has 4 nitrogen and oxygen atoms in total. The molecule has 0 aromatic heterocycles. The van der Waals surface area contributed by atoms with Crippen molar-refractivity contribution >= 4 is 5.91 Å². The molecule has 0 spiro atoms. The normalized spacial score (nSPS) is 20.6. The Labute approximate surface area is 120 Å². The van der Waals surface area contributed by atoms with E-state index >= 15 is 0 Å². The predicted octanol–water partition coefficient (Wildman–Crippen LogP) is 2.14. The Morgan fingerprint density at radius 3 is 2.90 bits per heavy atom. The van der Waals surface area contributed by atoms with Crippen LogP contribution in [0.15, 0.2) is 24.3 Å². The third-order valence-corrected chi connectivity index (χ3v) is 3.72. The minimum absolute atomic E-state index is 0.0190. The molecule has 20 heavy (non-hydrogen) atoms. The zero-order chi connectivity index (χ0) is 14.5. The van der Waals surface area contributed by atoms with Crippen LogP contribution >= 0.6 is 0 Å². The number of aryl methyl sites for hydroxylation is 1. The molecule has 2 unspecified atom stereocenters. The third-order valence-electron chi connectivity index (χ3n) is 3.72. The van der Waals surface area contributed by atoms with Gasteiger partial charge in [-0.05, 0) is 37.8 Å². The summed E-state index contributed by atoms with van der Waals surface area (Å²) in [4.78, 5) is 14.2. The molecule has 1 amide bonds. The quantitative estimate of drug-likeness (QED) is 0.917. The van der Waals surface area contributed by atoms with Crippen LogP contribution in [0.2, 0.25) is 0 Å². The summed E-state index contributed by atoms with van der Waals surface area (Å²) in [7, 11) is 0. The second kappa shape index (κ2) is 6.75. The van der Waals surface area contributed by atoms with Crippen LogP contribution in [-0.2, 0) is 4.79 Å². The van der Waals surface area contributed by atoms with Crippen molar-refractivity contribution in [2.45, 2.75) is 45.3 Å². The maximum absolute atomic E-state index is 12.5. The molecule has 1 aromatic carbocycles. The zero-order valence-electron chi connectivity index (χ0n) is 12.2. The Kier molecular flexibility index (Phi) is 5.01. The number of carbonyl (C=O) groups excluding carboxylic acids is 1. The fraction of sp³-hybridized carbons (Fsp3) is 0.562. The number of hydrogen-bond donors (Lipinski definition) is 1. The number of rotatable bonds is 4. The summed E-state index contributed by atoms with van der Waals surface area (Å²) in [6, 6.07) is 7.71. The lowest BCUT2D eigenvalue weighted by Gasteiger charge is -2.32. The topological polar surface area (TPSA) is 49.8 Å². The van der Waals surface area contributed by atoms with E-state index in [1.165, 1.54) is 0 Å². The maximum Gasteiger partial charge on any atom is 0.263 e. The highest BCUT2D eigenvalue weighted by Crippen LogP contribution is 2.20. The number of ether oxygens (including phenoxy) is 1. The summed E-state index contributed by atoms with van der Waals surface area (Å²) < 4.78 is 5.87. The van der Waals surface area contributed by atoms with Crippen LogP contribution in [0.25, 0.3) is 0 Å². The Morgan fingerprint density at radius 1 is 1.50 bits per heavy atom. The van der Waals surface area contributed by atoms with Crippen molar-refractivity contribution in [2.24, 2.45) is 0 Å². The van der Waals surface area contributed by atoms with E-state index in [4.69, 9.17) is 4.74 Å². The molecular formula is C16H23NO3. The van der Waals surface area contributed by atoms with Gasteiger partial charge in [0.25, 0.3) is 5.91 Å². The molecule has 1 aliphatic rings. The highest BCUT2D eigenvalue weighted by atomic mass is 16.5. The number of nitrogens with zero attached hydrogens (tertiary/aromatic N) is 1. The highest BCUT2D eigenvalue weighted by molar-refractivity contribution is 5.81. The third kappa shape index (κ3) is 3.51. The fourth-order valence-electron chi connectivity index (χ4n) is 2.51. The summed E-state index contributed by atoms with van der Waals surface area (Å²) in [5, 5.41) is 9.68. The molecule has 1 aliphatic heterocycles. The molecule has 0 saturated carbocycles. The molecule has 4 heteroatoms. The van der Waals surface area contributed by atoms with Crippen LogP contribution in [0.4, 0.5) is 0 Å². The van der Waals surface area contributed by atoms with E-state index in [0.717, 1.165) is 24.2 Å². The second-order valence-corrected chi connectivity index (χ2v) is 5.36. The Bertz CT molecular complexity index is 461. The number of hydrogen-bond acceptors (Lipinski definition) is 3. The number of carbonyl (C=O) groups is 1. The summed E-state index contributed by atoms with van der Waals surface area (Å²) in [5.74, 6) is 0.736. The number of aliphatic hydroxyl groups is 1. The first-order valence-corrected chi connectivity index (χ1v) is 7.31. The first-order chi connectivity index (χ1) is 9.61. The number of aliphatic hydroxyl groups excluding tert-OH is 1. The number of β-amino-alcohol motifs (C(OH)–C–C–N with tert-alkyl or cyclic N) is 1. The average molecular weight is 277 g/mol. The van der Waals surface area contributed by atoms with Gasteiger partial charge in [-0.3, -0.25) is 4.79 Å². The fourth-order valence-corrected chi connectivity index (χ4v) is 2.51. The van der Waals surface area contributed by atoms with Crippen molar-refractivity contribution in [3.63, 3.8) is 0 Å². The van der Waals surface area contributed by atoms with Gasteiger partial charge in [0, 0.05) is 13.1 Å². The molecule has 1 N–H and O–H groups in total. The lowest BCUT2D eigenvalue weighted by Crippen LogP contribution is -2.48. The van der Waals surface area contributed by atoms with Gasteiger partial charge in [0.1, 0.15) is 5.75 Å². The largest absolute Gasteiger partial charge is 0.480 e. The SMILES string of the molecule is CCC(Oc1ccccc1C)C(=O)N1CCCC(O)C1. The average Bonchev–Trinajstić information content (AvgIpc) is 2.46. The first kappa shape index (κ1) is 14.9. The van der Waals surface area contributed by atoms with Crippen LogP contribution in [0, 0.1) is 6.92 Å². The Morgan fingerprint density at radius 2 is 2.25 bits per heavy atom. The Hall–Kier alpha value is -1.55. The van der Waals surface area contributed by atoms with Gasteiger partial charge in [-0.15, -0.1) is 0 Å². The number of benzene rings is 1. The molecule has 2 atom stereocenters. The van der Waals surface area contributed by atoms with Crippen molar-refractivity contribution in [2.75, 3.05) is 13.1 Å². The summed E-state index contributed by atoms with van der Waals surface area (Å²) in [5.41, 5.74) is 1.03. The highest BCUT2D eigenvalue weighted by Gasteiger charge is 2.28. The molecule has 1 aromatic rings. The monoisotopic (exact) mass is 277 g/mol. The summed E-state index contributed by atoms with van der Waals surface area (Å²) >= 11 is 0. The van der Waals surface area contributed by atoms with Crippen molar-refractivity contribution in [1.82, 2.24) is 4.90 Å². The smallest absolute Gasteiger partial charge is 0.263 e. The second-order valence-electron chi connectivity index (χ2n) is 5.36. The number of amides is 1. The number of para-hydroxylation sites is 1. The van der Waals surface area contributed by atoms with Gasteiger partial charge < -0.3 is 14.7 Å². The van der Waals surface area contributed by atoms with Crippen molar-refractivity contribution in [3.8, 4) is 5.75 Å². The standard InChI is InChI=1S/C16H23NO3/c1-3-14(20-15-9-5-4-7-12(15)2)16(19)17-10-6-8-13(18)11-17/h4-5,7,9,13-14,18H,3,6,8,10-11H2,1-2H3. The van der Waals surface area contributed by atoms with E-state index in [-0.39, 0.29) is 5.91 Å². The summed E-state index contributed by atoms with van der Waals surface area (Å²) in [6.45, 7) is 5.05. The van der Waals surface area contributed by atoms with Gasteiger partial charge in [-0.25, -0.2) is 0 Å². The van der Waals surface area contributed by atoms with E-state index in [9.17, 15) is 9.90 Å². The van der Waals surface area contributed by atoms with E-state index < -0.39 is 12.2 Å². The van der Waals surface area contributed by atoms with Crippen LogP contribution in [0.1, 0.15) is 31.7 Å². The molecule has 2 rings (SSSR count). The first-order valence-electron chi connectivity index (χ1n) is 7.31. The minimum atomic E-state index is -0.471. The molecular weight excluding hydrogens is 254 g/mol. The zero-order valence-corrected chi connectivity index (χ0v) is 12.2. The van der Waals surface area contributed by atoms with E-state index in [2.05, 4.69) is 0 Å². The van der Waals surface area contributed by atoms with Crippen molar-refractivity contribution in [1.29, 1.82) is 0 Å². The van der Waals surface area contributed by atoms with E-state index in [1.807, 2.05) is 38.1 Å². The van der Waals surface area contributed by atoms with Gasteiger partial charge in [0.05, 0.1) is 6.10 Å². The molecule has 0 bridgehead atoms. The lowest BCUT2D eigenvalue weighted by atomic mass is 10.1. The molecule has 1 saturated heterocycles. The maximum atomic E-state index is 12.5.